The molecule has 1 N–H and O–H groups in total. The molecule has 2 aromatic rings. The van der Waals surface area contributed by atoms with Gasteiger partial charge in [-0.2, -0.15) is 0 Å². The number of esters is 1. The van der Waals surface area contributed by atoms with E-state index in [4.69, 9.17) is 4.74 Å². The van der Waals surface area contributed by atoms with Crippen molar-refractivity contribution >= 4 is 41.6 Å². The molecule has 1 saturated heterocycles. The SMILES string of the molecule is CN=C(NCCc1nnc2ccccn12)N1CCC(C(=O)OC)CC1.I. The van der Waals surface area contributed by atoms with Crippen molar-refractivity contribution in [2.45, 2.75) is 19.3 Å². The van der Waals surface area contributed by atoms with Gasteiger partial charge in [0.2, 0.25) is 0 Å². The number of piperidine rings is 1. The quantitative estimate of drug-likeness (QED) is 0.313. The van der Waals surface area contributed by atoms with Crippen LogP contribution in [0.4, 0.5) is 0 Å². The minimum absolute atomic E-state index is 0. The first-order valence-corrected chi connectivity index (χ1v) is 8.55. The van der Waals surface area contributed by atoms with Crippen LogP contribution in [0.2, 0.25) is 0 Å². The number of carbonyl (C=O) groups excluding carboxylic acids is 1. The summed E-state index contributed by atoms with van der Waals surface area (Å²) in [5, 5.41) is 11.8. The van der Waals surface area contributed by atoms with E-state index in [1.165, 1.54) is 7.11 Å². The van der Waals surface area contributed by atoms with Crippen LogP contribution in [0.15, 0.2) is 29.4 Å². The third kappa shape index (κ3) is 4.63. The van der Waals surface area contributed by atoms with Crippen molar-refractivity contribution in [3.63, 3.8) is 0 Å². The molecule has 0 spiro atoms. The summed E-state index contributed by atoms with van der Waals surface area (Å²) in [7, 11) is 3.23. The van der Waals surface area contributed by atoms with Gasteiger partial charge in [-0.05, 0) is 25.0 Å². The van der Waals surface area contributed by atoms with E-state index in [2.05, 4.69) is 25.4 Å². The van der Waals surface area contributed by atoms with Gasteiger partial charge in [0, 0.05) is 39.3 Å². The van der Waals surface area contributed by atoms with Gasteiger partial charge in [-0.25, -0.2) is 0 Å². The second-order valence-electron chi connectivity index (χ2n) is 6.05. The van der Waals surface area contributed by atoms with Gasteiger partial charge in [0.25, 0.3) is 0 Å². The first-order chi connectivity index (χ1) is 12.2. The standard InChI is InChI=1S/C17H24N6O2.HI/c1-18-17(22-11-7-13(8-12-22)16(24)25-2)19-9-6-15-21-20-14-5-3-4-10-23(14)15;/h3-5,10,13H,6-9,11-12H2,1-2H3,(H,18,19);1H. The number of guanidine groups is 1. The van der Waals surface area contributed by atoms with Gasteiger partial charge >= 0.3 is 5.97 Å². The maximum atomic E-state index is 11.6. The van der Waals surface area contributed by atoms with Crippen LogP contribution < -0.4 is 5.32 Å². The van der Waals surface area contributed by atoms with E-state index in [0.29, 0.717) is 0 Å². The number of nitrogens with zero attached hydrogens (tertiary/aromatic N) is 5. The van der Waals surface area contributed by atoms with Crippen molar-refractivity contribution < 1.29 is 9.53 Å². The largest absolute Gasteiger partial charge is 0.469 e. The van der Waals surface area contributed by atoms with Gasteiger partial charge in [0.05, 0.1) is 13.0 Å². The molecular formula is C17H25IN6O2. The maximum absolute atomic E-state index is 11.6. The van der Waals surface area contributed by atoms with Gasteiger partial charge in [0.15, 0.2) is 11.6 Å². The Kier molecular flexibility index (Phi) is 7.61. The van der Waals surface area contributed by atoms with E-state index in [1.807, 2.05) is 28.8 Å². The monoisotopic (exact) mass is 472 g/mol. The highest BCUT2D eigenvalue weighted by Gasteiger charge is 2.26. The molecule has 9 heteroatoms. The molecule has 0 unspecified atom stereocenters. The van der Waals surface area contributed by atoms with Crippen molar-refractivity contribution in [1.29, 1.82) is 0 Å². The molecule has 0 amide bonds. The molecule has 0 radical (unpaired) electrons. The summed E-state index contributed by atoms with van der Waals surface area (Å²) in [4.78, 5) is 18.2. The minimum Gasteiger partial charge on any atom is -0.469 e. The molecule has 0 saturated carbocycles. The second-order valence-corrected chi connectivity index (χ2v) is 6.05. The van der Waals surface area contributed by atoms with Crippen LogP contribution in [0.1, 0.15) is 18.7 Å². The molecule has 1 aliphatic heterocycles. The Bertz CT molecular complexity index is 755. The number of ether oxygens (including phenoxy) is 1. The Morgan fingerprint density at radius 2 is 2.12 bits per heavy atom. The lowest BCUT2D eigenvalue weighted by atomic mass is 9.97. The average molecular weight is 472 g/mol. The lowest BCUT2D eigenvalue weighted by Gasteiger charge is -2.33. The highest BCUT2D eigenvalue weighted by molar-refractivity contribution is 14.0. The van der Waals surface area contributed by atoms with Crippen molar-refractivity contribution in [3.8, 4) is 0 Å². The summed E-state index contributed by atoms with van der Waals surface area (Å²) in [6.45, 7) is 2.32. The van der Waals surface area contributed by atoms with Crippen LogP contribution in [0.3, 0.4) is 0 Å². The molecule has 0 bridgehead atoms. The molecule has 0 aliphatic carbocycles. The Labute approximate surface area is 170 Å². The minimum atomic E-state index is -0.110. The van der Waals surface area contributed by atoms with Crippen molar-refractivity contribution in [3.05, 3.63) is 30.2 Å². The first-order valence-electron chi connectivity index (χ1n) is 8.55. The van der Waals surface area contributed by atoms with Crippen LogP contribution in [0.5, 0.6) is 0 Å². The Morgan fingerprint density at radius 3 is 2.81 bits per heavy atom. The van der Waals surface area contributed by atoms with Gasteiger partial charge in [-0.1, -0.05) is 6.07 Å². The summed E-state index contributed by atoms with van der Waals surface area (Å²) in [5.41, 5.74) is 0.853. The van der Waals surface area contributed by atoms with Crippen molar-refractivity contribution in [2.24, 2.45) is 10.9 Å². The number of pyridine rings is 1. The Balaban J connectivity index is 0.00000243. The number of halogens is 1. The molecule has 8 nitrogen and oxygen atoms in total. The van der Waals surface area contributed by atoms with E-state index >= 15 is 0 Å². The lowest BCUT2D eigenvalue weighted by Crippen LogP contribution is -2.47. The van der Waals surface area contributed by atoms with Crippen LogP contribution in [-0.2, 0) is 16.0 Å². The molecule has 1 fully saturated rings. The zero-order valence-electron chi connectivity index (χ0n) is 15.1. The number of fused-ring (bicyclic) bond motifs is 1. The number of rotatable bonds is 4. The van der Waals surface area contributed by atoms with Gasteiger partial charge < -0.3 is 15.0 Å². The third-order valence-corrected chi connectivity index (χ3v) is 4.56. The predicted molar refractivity (Wildman–Crippen MR) is 110 cm³/mol. The molecule has 26 heavy (non-hydrogen) atoms. The maximum Gasteiger partial charge on any atom is 0.308 e. The molecule has 0 atom stereocenters. The van der Waals surface area contributed by atoms with E-state index in [9.17, 15) is 4.79 Å². The summed E-state index contributed by atoms with van der Waals surface area (Å²) < 4.78 is 6.83. The third-order valence-electron chi connectivity index (χ3n) is 4.56. The van der Waals surface area contributed by atoms with Gasteiger partial charge in [-0.3, -0.25) is 14.2 Å². The van der Waals surface area contributed by atoms with Crippen molar-refractivity contribution in [1.82, 2.24) is 24.8 Å². The molecular weight excluding hydrogens is 447 g/mol. The number of methoxy groups -OCH3 is 1. The highest BCUT2D eigenvalue weighted by Crippen LogP contribution is 2.18. The number of aromatic nitrogens is 3. The fourth-order valence-corrected chi connectivity index (χ4v) is 3.17. The van der Waals surface area contributed by atoms with Crippen LogP contribution in [0, 0.1) is 5.92 Å². The Hall–Kier alpha value is -1.91. The lowest BCUT2D eigenvalue weighted by molar-refractivity contribution is -0.146. The zero-order valence-corrected chi connectivity index (χ0v) is 17.4. The number of likely N-dealkylation sites (tertiary alicyclic amines) is 1. The first kappa shape index (κ1) is 20.4. The van der Waals surface area contributed by atoms with Crippen LogP contribution >= 0.6 is 24.0 Å². The zero-order chi connectivity index (χ0) is 17.6. The molecule has 142 valence electrons. The smallest absolute Gasteiger partial charge is 0.308 e. The predicted octanol–water partition coefficient (Wildman–Crippen LogP) is 1.35. The summed E-state index contributed by atoms with van der Waals surface area (Å²) >= 11 is 0. The van der Waals surface area contributed by atoms with E-state index in [-0.39, 0.29) is 35.9 Å². The summed E-state index contributed by atoms with van der Waals surface area (Å²) in [6, 6.07) is 5.86. The number of aliphatic imine (C=N–C) groups is 1. The highest BCUT2D eigenvalue weighted by atomic mass is 127. The summed E-state index contributed by atoms with van der Waals surface area (Å²) in [6.07, 6.45) is 4.31. The topological polar surface area (TPSA) is 84.1 Å². The number of nitrogens with one attached hydrogen (secondary N) is 1. The second kappa shape index (κ2) is 9.70. The van der Waals surface area contributed by atoms with Crippen LogP contribution in [0.25, 0.3) is 5.65 Å². The van der Waals surface area contributed by atoms with Crippen molar-refractivity contribution in [2.75, 3.05) is 33.8 Å². The van der Waals surface area contributed by atoms with E-state index in [0.717, 1.165) is 56.3 Å². The fourth-order valence-electron chi connectivity index (χ4n) is 3.17. The van der Waals surface area contributed by atoms with E-state index in [1.54, 1.807) is 7.05 Å². The molecule has 3 rings (SSSR count). The molecule has 3 heterocycles. The number of hydrogen-bond donors (Lipinski definition) is 1. The van der Waals surface area contributed by atoms with E-state index < -0.39 is 0 Å². The number of carbonyl (C=O) groups is 1. The summed E-state index contributed by atoms with van der Waals surface area (Å²) in [5.74, 6) is 1.67. The number of hydrogen-bond acceptors (Lipinski definition) is 5. The average Bonchev–Trinajstić information content (AvgIpc) is 3.08. The Morgan fingerprint density at radius 1 is 1.35 bits per heavy atom. The molecule has 2 aromatic heterocycles. The molecule has 1 aliphatic rings. The normalized spacial score (nSPS) is 15.6. The van der Waals surface area contributed by atoms with Gasteiger partial charge in [0.1, 0.15) is 5.82 Å². The molecule has 0 aromatic carbocycles. The van der Waals surface area contributed by atoms with Crippen LogP contribution in [-0.4, -0.2) is 65.2 Å². The van der Waals surface area contributed by atoms with Gasteiger partial charge in [-0.15, -0.1) is 34.2 Å². The fraction of sp³-hybridized carbons (Fsp3) is 0.529.